The van der Waals surface area contributed by atoms with Crippen molar-refractivity contribution in [3.63, 3.8) is 0 Å². The van der Waals surface area contributed by atoms with Gasteiger partial charge in [-0.2, -0.15) is 13.2 Å². The van der Waals surface area contributed by atoms with Crippen molar-refractivity contribution in [1.29, 1.82) is 0 Å². The van der Waals surface area contributed by atoms with E-state index in [4.69, 9.17) is 0 Å². The van der Waals surface area contributed by atoms with E-state index >= 15 is 0 Å². The Labute approximate surface area is 116 Å². The number of hydrogen-bond donors (Lipinski definition) is 2. The summed E-state index contributed by atoms with van der Waals surface area (Å²) < 4.78 is 38.3. The maximum absolute atomic E-state index is 12.8. The summed E-state index contributed by atoms with van der Waals surface area (Å²) in [6.45, 7) is 2.03. The lowest BCUT2D eigenvalue weighted by Gasteiger charge is -2.35. The highest BCUT2D eigenvalue weighted by atomic mass is 19.4. The molecular weight excluding hydrogens is 269 g/mol. The fourth-order valence-electron chi connectivity index (χ4n) is 2.53. The van der Waals surface area contributed by atoms with Crippen molar-refractivity contribution < 1.29 is 13.2 Å². The predicted octanol–water partition coefficient (Wildman–Crippen LogP) is 3.67. The van der Waals surface area contributed by atoms with E-state index < -0.39 is 12.0 Å². The smallest absolute Gasteiger partial charge is 0.373 e. The van der Waals surface area contributed by atoms with Crippen LogP contribution in [0.25, 0.3) is 0 Å². The Balaban J connectivity index is 2.26. The molecule has 0 bridgehead atoms. The number of halogens is 3. The number of anilines is 2. The van der Waals surface area contributed by atoms with Crippen molar-refractivity contribution in [2.24, 2.45) is 0 Å². The van der Waals surface area contributed by atoms with Gasteiger partial charge in [-0.1, -0.05) is 19.3 Å². The van der Waals surface area contributed by atoms with Crippen molar-refractivity contribution >= 4 is 11.6 Å². The average Bonchev–Trinajstić information content (AvgIpc) is 2.37. The second-order valence-corrected chi connectivity index (χ2v) is 5.46. The van der Waals surface area contributed by atoms with Crippen molar-refractivity contribution in [2.45, 2.75) is 50.7 Å². The molecule has 20 heavy (non-hydrogen) atoms. The van der Waals surface area contributed by atoms with E-state index in [1.54, 1.807) is 0 Å². The number of rotatable bonds is 3. The van der Waals surface area contributed by atoms with Gasteiger partial charge >= 0.3 is 6.18 Å². The van der Waals surface area contributed by atoms with Gasteiger partial charge in [0.15, 0.2) is 0 Å². The van der Waals surface area contributed by atoms with E-state index in [9.17, 15) is 13.2 Å². The van der Waals surface area contributed by atoms with Gasteiger partial charge < -0.3 is 10.6 Å². The molecule has 1 fully saturated rings. The minimum Gasteiger partial charge on any atom is -0.373 e. The first-order valence-electron chi connectivity index (χ1n) is 6.75. The molecule has 1 aromatic rings. The largest absolute Gasteiger partial charge is 0.451 e. The first-order valence-corrected chi connectivity index (χ1v) is 6.75. The molecule has 0 amide bonds. The monoisotopic (exact) mass is 288 g/mol. The van der Waals surface area contributed by atoms with Gasteiger partial charge in [-0.05, 0) is 19.8 Å². The molecule has 1 heterocycles. The first-order chi connectivity index (χ1) is 9.32. The lowest BCUT2D eigenvalue weighted by Crippen LogP contribution is -2.37. The van der Waals surface area contributed by atoms with E-state index in [0.29, 0.717) is 0 Å². The van der Waals surface area contributed by atoms with Crippen LogP contribution in [0.3, 0.4) is 0 Å². The number of nitrogens with zero attached hydrogens (tertiary/aromatic N) is 2. The molecular formula is C13H19F3N4. The quantitative estimate of drug-likeness (QED) is 0.891. The Morgan fingerprint density at radius 2 is 1.70 bits per heavy atom. The molecule has 0 unspecified atom stereocenters. The Morgan fingerprint density at radius 3 is 2.25 bits per heavy atom. The minimum absolute atomic E-state index is 0.161. The first kappa shape index (κ1) is 14.9. The van der Waals surface area contributed by atoms with Gasteiger partial charge in [-0.15, -0.1) is 0 Å². The highest BCUT2D eigenvalue weighted by Crippen LogP contribution is 2.33. The van der Waals surface area contributed by atoms with Gasteiger partial charge in [0.2, 0.25) is 5.82 Å². The second-order valence-electron chi connectivity index (χ2n) is 5.46. The normalized spacial score (nSPS) is 18.6. The number of aromatic nitrogens is 2. The molecule has 0 aliphatic heterocycles. The third-order valence-corrected chi connectivity index (χ3v) is 3.62. The molecule has 0 aromatic carbocycles. The second kappa shape index (κ2) is 5.46. The highest BCUT2D eigenvalue weighted by molar-refractivity contribution is 5.49. The van der Waals surface area contributed by atoms with Gasteiger partial charge in [0, 0.05) is 18.7 Å². The Kier molecular flexibility index (Phi) is 4.06. The molecule has 2 rings (SSSR count). The molecule has 1 aliphatic rings. The Morgan fingerprint density at radius 1 is 1.10 bits per heavy atom. The summed E-state index contributed by atoms with van der Waals surface area (Å²) >= 11 is 0. The van der Waals surface area contributed by atoms with Crippen LogP contribution in [0.2, 0.25) is 0 Å². The van der Waals surface area contributed by atoms with E-state index in [-0.39, 0.29) is 17.2 Å². The van der Waals surface area contributed by atoms with Gasteiger partial charge in [0.05, 0.1) is 0 Å². The number of alkyl halides is 3. The summed E-state index contributed by atoms with van der Waals surface area (Å²) in [4.78, 5) is 7.06. The molecule has 1 aromatic heterocycles. The predicted molar refractivity (Wildman–Crippen MR) is 71.7 cm³/mol. The van der Waals surface area contributed by atoms with Gasteiger partial charge in [0.25, 0.3) is 0 Å². The van der Waals surface area contributed by atoms with E-state index in [2.05, 4.69) is 20.6 Å². The molecule has 0 spiro atoms. The Hall–Kier alpha value is -1.53. The van der Waals surface area contributed by atoms with Crippen molar-refractivity contribution in [2.75, 3.05) is 17.7 Å². The van der Waals surface area contributed by atoms with Crippen LogP contribution in [0.15, 0.2) is 6.07 Å². The summed E-state index contributed by atoms with van der Waals surface area (Å²) in [7, 11) is 1.54. The molecule has 0 radical (unpaired) electrons. The topological polar surface area (TPSA) is 49.8 Å². The van der Waals surface area contributed by atoms with Crippen LogP contribution in [-0.4, -0.2) is 22.6 Å². The molecule has 0 saturated heterocycles. The zero-order valence-electron chi connectivity index (χ0n) is 11.6. The molecule has 2 N–H and O–H groups in total. The van der Waals surface area contributed by atoms with Crippen LogP contribution < -0.4 is 10.6 Å². The van der Waals surface area contributed by atoms with Crippen LogP contribution >= 0.6 is 0 Å². The lowest BCUT2D eigenvalue weighted by molar-refractivity contribution is -0.144. The maximum atomic E-state index is 12.8. The van der Waals surface area contributed by atoms with Crippen LogP contribution in [-0.2, 0) is 6.18 Å². The summed E-state index contributed by atoms with van der Waals surface area (Å²) in [6.07, 6.45) is 0.674. The van der Waals surface area contributed by atoms with E-state index in [1.165, 1.54) is 19.5 Å². The van der Waals surface area contributed by atoms with Gasteiger partial charge in [-0.3, -0.25) is 0 Å². The number of nitrogens with one attached hydrogen (secondary N) is 2. The van der Waals surface area contributed by atoms with Crippen LogP contribution in [0.1, 0.15) is 44.9 Å². The molecule has 1 saturated carbocycles. The van der Waals surface area contributed by atoms with Crippen LogP contribution in [0.4, 0.5) is 24.8 Å². The fraction of sp³-hybridized carbons (Fsp3) is 0.692. The Bertz CT molecular complexity index is 467. The summed E-state index contributed by atoms with van der Waals surface area (Å²) in [5.74, 6) is -0.735. The van der Waals surface area contributed by atoms with Crippen molar-refractivity contribution in [3.05, 3.63) is 11.9 Å². The van der Waals surface area contributed by atoms with E-state index in [1.807, 2.05) is 6.92 Å². The minimum atomic E-state index is -4.54. The summed E-state index contributed by atoms with van der Waals surface area (Å²) in [5, 5.41) is 5.79. The van der Waals surface area contributed by atoms with E-state index in [0.717, 1.165) is 25.7 Å². The van der Waals surface area contributed by atoms with Crippen LogP contribution in [0.5, 0.6) is 0 Å². The molecule has 0 atom stereocenters. The zero-order valence-corrected chi connectivity index (χ0v) is 11.6. The third kappa shape index (κ3) is 3.52. The highest BCUT2D eigenvalue weighted by Gasteiger charge is 2.36. The average molecular weight is 288 g/mol. The van der Waals surface area contributed by atoms with Crippen molar-refractivity contribution in [3.8, 4) is 0 Å². The standard InChI is InChI=1S/C13H19F3N4/c1-12(6-4-3-5-7-12)20-10-8-9(17-2)18-11(19-10)13(14,15)16/h8H,3-7H2,1-2H3,(H2,17,18,19,20). The van der Waals surface area contributed by atoms with Crippen molar-refractivity contribution in [1.82, 2.24) is 9.97 Å². The molecule has 4 nitrogen and oxygen atoms in total. The number of hydrogen-bond acceptors (Lipinski definition) is 4. The fourth-order valence-corrected chi connectivity index (χ4v) is 2.53. The lowest BCUT2D eigenvalue weighted by atomic mass is 9.83. The summed E-state index contributed by atoms with van der Waals surface area (Å²) in [6, 6.07) is 1.51. The van der Waals surface area contributed by atoms with Gasteiger partial charge in [0.1, 0.15) is 11.6 Å². The molecule has 7 heteroatoms. The third-order valence-electron chi connectivity index (χ3n) is 3.62. The van der Waals surface area contributed by atoms with Crippen LogP contribution in [0, 0.1) is 0 Å². The SMILES string of the molecule is CNc1cc(NC2(C)CCCCC2)nc(C(F)(F)F)n1. The molecule has 112 valence electrons. The maximum Gasteiger partial charge on any atom is 0.451 e. The zero-order chi connectivity index (χ0) is 14.8. The molecule has 1 aliphatic carbocycles. The summed E-state index contributed by atoms with van der Waals surface area (Å²) in [5.41, 5.74) is -0.194. The van der Waals surface area contributed by atoms with Gasteiger partial charge in [-0.25, -0.2) is 9.97 Å².